The van der Waals surface area contributed by atoms with Gasteiger partial charge in [-0.3, -0.25) is 9.59 Å². The second-order valence-electron chi connectivity index (χ2n) is 5.77. The molecule has 1 aliphatic carbocycles. The van der Waals surface area contributed by atoms with Crippen molar-refractivity contribution in [2.24, 2.45) is 0 Å². The van der Waals surface area contributed by atoms with E-state index < -0.39 is 11.7 Å². The summed E-state index contributed by atoms with van der Waals surface area (Å²) in [5.74, 6) is -1.14. The molecule has 22 heavy (non-hydrogen) atoms. The van der Waals surface area contributed by atoms with E-state index in [4.69, 9.17) is 0 Å². The lowest BCUT2D eigenvalue weighted by Gasteiger charge is -2.34. The van der Waals surface area contributed by atoms with E-state index in [0.29, 0.717) is 30.2 Å². The standard InChI is InChI=1S/C15H15FN4O2/c16-10-3-4-11-14(18-8-17-11)13(10)15(22)19-5-6-20(9-1-2-9)12(21)7-19/h3-4,8-9H,1-2,5-7H2,(H,17,18). The second-order valence-corrected chi connectivity index (χ2v) is 5.77. The quantitative estimate of drug-likeness (QED) is 0.904. The largest absolute Gasteiger partial charge is 0.345 e. The Bertz CT molecular complexity index is 768. The summed E-state index contributed by atoms with van der Waals surface area (Å²) in [5.41, 5.74) is 0.848. The molecule has 0 bridgehead atoms. The number of nitrogens with zero attached hydrogens (tertiary/aromatic N) is 3. The van der Waals surface area contributed by atoms with Gasteiger partial charge in [0.05, 0.1) is 11.8 Å². The maximum Gasteiger partial charge on any atom is 0.259 e. The van der Waals surface area contributed by atoms with E-state index in [1.807, 2.05) is 4.90 Å². The molecule has 6 nitrogen and oxygen atoms in total. The first kappa shape index (κ1) is 13.2. The van der Waals surface area contributed by atoms with Crippen LogP contribution in [0.5, 0.6) is 0 Å². The predicted octanol–water partition coefficient (Wildman–Crippen LogP) is 1.15. The monoisotopic (exact) mass is 302 g/mol. The van der Waals surface area contributed by atoms with Gasteiger partial charge in [0.1, 0.15) is 23.4 Å². The Balaban J connectivity index is 1.62. The van der Waals surface area contributed by atoms with Crippen LogP contribution in [0, 0.1) is 5.82 Å². The van der Waals surface area contributed by atoms with Crippen LogP contribution in [0.3, 0.4) is 0 Å². The highest BCUT2D eigenvalue weighted by atomic mass is 19.1. The molecule has 1 aromatic heterocycles. The first-order valence-electron chi connectivity index (χ1n) is 7.35. The van der Waals surface area contributed by atoms with E-state index in [1.54, 1.807) is 6.07 Å². The van der Waals surface area contributed by atoms with Crippen LogP contribution in [-0.2, 0) is 4.79 Å². The van der Waals surface area contributed by atoms with Crippen molar-refractivity contribution in [3.63, 3.8) is 0 Å². The molecular weight excluding hydrogens is 287 g/mol. The predicted molar refractivity (Wildman–Crippen MR) is 76.7 cm³/mol. The molecule has 0 unspecified atom stereocenters. The molecule has 0 atom stereocenters. The van der Waals surface area contributed by atoms with Crippen LogP contribution in [0.25, 0.3) is 11.0 Å². The van der Waals surface area contributed by atoms with Gasteiger partial charge in [0.25, 0.3) is 5.91 Å². The van der Waals surface area contributed by atoms with Crippen LogP contribution in [0.4, 0.5) is 4.39 Å². The van der Waals surface area contributed by atoms with Crippen molar-refractivity contribution in [2.45, 2.75) is 18.9 Å². The highest BCUT2D eigenvalue weighted by Crippen LogP contribution is 2.28. The van der Waals surface area contributed by atoms with Crippen LogP contribution in [0.15, 0.2) is 18.5 Å². The summed E-state index contributed by atoms with van der Waals surface area (Å²) in [4.78, 5) is 34.9. The van der Waals surface area contributed by atoms with E-state index in [1.165, 1.54) is 17.3 Å². The average Bonchev–Trinajstić information content (AvgIpc) is 3.24. The van der Waals surface area contributed by atoms with Crippen molar-refractivity contribution in [3.05, 3.63) is 29.8 Å². The molecule has 4 rings (SSSR count). The van der Waals surface area contributed by atoms with Gasteiger partial charge in [-0.1, -0.05) is 0 Å². The zero-order chi connectivity index (χ0) is 15.3. The van der Waals surface area contributed by atoms with Crippen molar-refractivity contribution in [1.29, 1.82) is 0 Å². The number of aromatic nitrogens is 2. The Labute approximate surface area is 125 Å². The van der Waals surface area contributed by atoms with Crippen LogP contribution in [0.2, 0.25) is 0 Å². The summed E-state index contributed by atoms with van der Waals surface area (Å²) in [6, 6.07) is 3.14. The molecule has 2 heterocycles. The van der Waals surface area contributed by atoms with Crippen LogP contribution in [-0.4, -0.2) is 57.3 Å². The Kier molecular flexibility index (Phi) is 2.88. The normalized spacial score (nSPS) is 19.0. The van der Waals surface area contributed by atoms with Crippen molar-refractivity contribution < 1.29 is 14.0 Å². The number of carbonyl (C=O) groups is 2. The van der Waals surface area contributed by atoms with Crippen molar-refractivity contribution in [3.8, 4) is 0 Å². The molecule has 1 saturated heterocycles. The Morgan fingerprint density at radius 2 is 2.14 bits per heavy atom. The molecular formula is C15H15FN4O2. The summed E-state index contributed by atoms with van der Waals surface area (Å²) >= 11 is 0. The molecule has 114 valence electrons. The lowest BCUT2D eigenvalue weighted by Crippen LogP contribution is -2.53. The number of imidazole rings is 1. The summed E-state index contributed by atoms with van der Waals surface area (Å²) in [6.45, 7) is 0.963. The zero-order valence-corrected chi connectivity index (χ0v) is 11.9. The van der Waals surface area contributed by atoms with Gasteiger partial charge in [-0.15, -0.1) is 0 Å². The second kappa shape index (κ2) is 4.79. The van der Waals surface area contributed by atoms with Gasteiger partial charge in [-0.05, 0) is 25.0 Å². The maximum absolute atomic E-state index is 14.1. The van der Waals surface area contributed by atoms with Crippen LogP contribution < -0.4 is 0 Å². The summed E-state index contributed by atoms with van der Waals surface area (Å²) in [5, 5.41) is 0. The highest BCUT2D eigenvalue weighted by molar-refractivity contribution is 6.06. The number of amides is 2. The van der Waals surface area contributed by atoms with Gasteiger partial charge in [0, 0.05) is 19.1 Å². The van der Waals surface area contributed by atoms with E-state index in [0.717, 1.165) is 12.8 Å². The lowest BCUT2D eigenvalue weighted by atomic mass is 10.1. The molecule has 0 spiro atoms. The third-order valence-corrected chi connectivity index (χ3v) is 4.29. The number of aromatic amines is 1. The van der Waals surface area contributed by atoms with Crippen molar-refractivity contribution >= 4 is 22.8 Å². The third kappa shape index (κ3) is 2.04. The Morgan fingerprint density at radius 3 is 2.86 bits per heavy atom. The molecule has 1 N–H and O–H groups in total. The maximum atomic E-state index is 14.1. The van der Waals surface area contributed by atoms with Gasteiger partial charge in [0.2, 0.25) is 5.91 Å². The lowest BCUT2D eigenvalue weighted by molar-refractivity contribution is -0.135. The van der Waals surface area contributed by atoms with Gasteiger partial charge < -0.3 is 14.8 Å². The number of carbonyl (C=O) groups excluding carboxylic acids is 2. The number of halogens is 1. The molecule has 0 radical (unpaired) electrons. The average molecular weight is 302 g/mol. The molecule has 1 aliphatic heterocycles. The summed E-state index contributed by atoms with van der Waals surface area (Å²) in [6.07, 6.45) is 3.51. The number of hydrogen-bond acceptors (Lipinski definition) is 3. The summed E-state index contributed by atoms with van der Waals surface area (Å²) in [7, 11) is 0. The molecule has 2 amide bonds. The minimum atomic E-state index is -0.610. The number of fused-ring (bicyclic) bond motifs is 1. The Morgan fingerprint density at radius 1 is 1.32 bits per heavy atom. The number of benzene rings is 1. The SMILES string of the molecule is O=C(c1c(F)ccc2[nH]cnc12)N1CCN(C2CC2)C(=O)C1. The number of piperazine rings is 1. The fraction of sp³-hybridized carbons (Fsp3) is 0.400. The van der Waals surface area contributed by atoms with Gasteiger partial charge >= 0.3 is 0 Å². The van der Waals surface area contributed by atoms with E-state index >= 15 is 0 Å². The number of hydrogen-bond donors (Lipinski definition) is 1. The number of rotatable bonds is 2. The van der Waals surface area contributed by atoms with E-state index in [9.17, 15) is 14.0 Å². The highest BCUT2D eigenvalue weighted by Gasteiger charge is 2.37. The van der Waals surface area contributed by atoms with Gasteiger partial charge in [-0.2, -0.15) is 0 Å². The number of H-pyrrole nitrogens is 1. The smallest absolute Gasteiger partial charge is 0.259 e. The van der Waals surface area contributed by atoms with Crippen LogP contribution in [0.1, 0.15) is 23.2 Å². The minimum Gasteiger partial charge on any atom is -0.345 e. The molecule has 1 saturated carbocycles. The van der Waals surface area contributed by atoms with Crippen molar-refractivity contribution in [2.75, 3.05) is 19.6 Å². The van der Waals surface area contributed by atoms with E-state index in [2.05, 4.69) is 9.97 Å². The summed E-state index contributed by atoms with van der Waals surface area (Å²) < 4.78 is 14.1. The van der Waals surface area contributed by atoms with E-state index in [-0.39, 0.29) is 18.0 Å². The van der Waals surface area contributed by atoms with Gasteiger partial charge in [-0.25, -0.2) is 9.37 Å². The fourth-order valence-corrected chi connectivity index (χ4v) is 2.98. The molecule has 2 aliphatic rings. The molecule has 2 fully saturated rings. The zero-order valence-electron chi connectivity index (χ0n) is 11.9. The van der Waals surface area contributed by atoms with Crippen molar-refractivity contribution in [1.82, 2.24) is 19.8 Å². The number of nitrogens with one attached hydrogen (secondary N) is 1. The Hall–Kier alpha value is -2.44. The third-order valence-electron chi connectivity index (χ3n) is 4.29. The fourth-order valence-electron chi connectivity index (χ4n) is 2.98. The molecule has 1 aromatic carbocycles. The first-order chi connectivity index (χ1) is 10.6. The minimum absolute atomic E-state index is 0.00951. The van der Waals surface area contributed by atoms with Crippen LogP contribution >= 0.6 is 0 Å². The van der Waals surface area contributed by atoms with Gasteiger partial charge in [0.15, 0.2) is 0 Å². The molecule has 2 aromatic rings. The topological polar surface area (TPSA) is 69.3 Å². The molecule has 7 heteroatoms. The first-order valence-corrected chi connectivity index (χ1v) is 7.35.